The SMILES string of the molecule is COc1ccc(-c2ccc(N3CCN(C(=O)CN(Cc4ccco4)C(=O)c4ccco4)CC3)nn2)c(OC)c1. The van der Waals surface area contributed by atoms with Crippen molar-refractivity contribution >= 4 is 17.6 Å². The van der Waals surface area contributed by atoms with Crippen molar-refractivity contribution in [1.82, 2.24) is 20.0 Å². The highest BCUT2D eigenvalue weighted by Crippen LogP contribution is 2.32. The molecule has 2 amide bonds. The molecule has 0 aliphatic carbocycles. The fourth-order valence-corrected chi connectivity index (χ4v) is 4.44. The summed E-state index contributed by atoms with van der Waals surface area (Å²) in [6.45, 7) is 2.26. The number of methoxy groups -OCH3 is 2. The van der Waals surface area contributed by atoms with Crippen LogP contribution in [0, 0.1) is 0 Å². The topological polar surface area (TPSA) is 114 Å². The summed E-state index contributed by atoms with van der Waals surface area (Å²) in [6, 6.07) is 16.1. The van der Waals surface area contributed by atoms with Gasteiger partial charge in [0.1, 0.15) is 23.8 Å². The van der Waals surface area contributed by atoms with Crippen LogP contribution < -0.4 is 14.4 Å². The number of ether oxygens (including phenoxy) is 2. The number of nitrogens with zero attached hydrogens (tertiary/aromatic N) is 5. The number of rotatable bonds is 9. The highest BCUT2D eigenvalue weighted by Gasteiger charge is 2.27. The molecule has 1 fully saturated rings. The van der Waals surface area contributed by atoms with Crippen molar-refractivity contribution in [2.45, 2.75) is 6.54 Å². The van der Waals surface area contributed by atoms with Crippen molar-refractivity contribution in [3.05, 3.63) is 78.6 Å². The molecule has 0 radical (unpaired) electrons. The Morgan fingerprint density at radius 3 is 2.36 bits per heavy atom. The van der Waals surface area contributed by atoms with Crippen LogP contribution in [-0.2, 0) is 11.3 Å². The molecular formula is C28H29N5O6. The fourth-order valence-electron chi connectivity index (χ4n) is 4.44. The first-order valence-electron chi connectivity index (χ1n) is 12.5. The van der Waals surface area contributed by atoms with E-state index < -0.39 is 0 Å². The van der Waals surface area contributed by atoms with Crippen LogP contribution in [0.25, 0.3) is 11.3 Å². The zero-order chi connectivity index (χ0) is 27.2. The van der Waals surface area contributed by atoms with Crippen LogP contribution in [0.15, 0.2) is 76.0 Å². The van der Waals surface area contributed by atoms with Gasteiger partial charge in [0.05, 0.1) is 39.0 Å². The zero-order valence-electron chi connectivity index (χ0n) is 21.8. The molecule has 0 unspecified atom stereocenters. The van der Waals surface area contributed by atoms with Crippen molar-refractivity contribution in [2.24, 2.45) is 0 Å². The molecule has 1 aliphatic heterocycles. The minimum absolute atomic E-state index is 0.0849. The molecule has 0 N–H and O–H groups in total. The summed E-state index contributed by atoms with van der Waals surface area (Å²) in [4.78, 5) is 31.4. The van der Waals surface area contributed by atoms with Gasteiger partial charge in [-0.25, -0.2) is 0 Å². The van der Waals surface area contributed by atoms with E-state index in [-0.39, 0.29) is 30.7 Å². The lowest BCUT2D eigenvalue weighted by Gasteiger charge is -2.36. The number of furan rings is 2. The molecule has 0 bridgehead atoms. The maximum absolute atomic E-state index is 13.2. The standard InChI is InChI=1S/C28H29N5O6/c1-36-20-7-8-22(25(17-20)37-2)23-9-10-26(30-29-23)31-11-13-32(14-12-31)27(34)19-33(18-21-5-3-15-38-21)28(35)24-6-4-16-39-24/h3-10,15-17H,11-14,18-19H2,1-2H3. The highest BCUT2D eigenvalue weighted by atomic mass is 16.5. The number of amides is 2. The molecule has 39 heavy (non-hydrogen) atoms. The molecule has 11 nitrogen and oxygen atoms in total. The maximum atomic E-state index is 13.2. The number of hydrogen-bond acceptors (Lipinski definition) is 9. The second kappa shape index (κ2) is 11.7. The summed E-state index contributed by atoms with van der Waals surface area (Å²) < 4.78 is 21.4. The van der Waals surface area contributed by atoms with Crippen LogP contribution in [0.4, 0.5) is 5.82 Å². The van der Waals surface area contributed by atoms with Gasteiger partial charge in [-0.15, -0.1) is 10.2 Å². The molecule has 202 valence electrons. The Morgan fingerprint density at radius 2 is 1.72 bits per heavy atom. The van der Waals surface area contributed by atoms with Crippen LogP contribution in [0.1, 0.15) is 16.3 Å². The largest absolute Gasteiger partial charge is 0.497 e. The van der Waals surface area contributed by atoms with Crippen molar-refractivity contribution in [3.8, 4) is 22.8 Å². The third-order valence-electron chi connectivity index (χ3n) is 6.56. The van der Waals surface area contributed by atoms with Crippen LogP contribution in [0.2, 0.25) is 0 Å². The first-order valence-corrected chi connectivity index (χ1v) is 12.5. The third kappa shape index (κ3) is 5.87. The number of carbonyl (C=O) groups excluding carboxylic acids is 2. The minimum atomic E-state index is -0.368. The van der Waals surface area contributed by atoms with E-state index in [4.69, 9.17) is 18.3 Å². The summed E-state index contributed by atoms with van der Waals surface area (Å²) in [5.41, 5.74) is 1.50. The van der Waals surface area contributed by atoms with Gasteiger partial charge in [-0.2, -0.15) is 0 Å². The van der Waals surface area contributed by atoms with Gasteiger partial charge in [-0.1, -0.05) is 0 Å². The van der Waals surface area contributed by atoms with E-state index in [1.807, 2.05) is 24.3 Å². The Kier molecular flexibility index (Phi) is 7.76. The van der Waals surface area contributed by atoms with E-state index >= 15 is 0 Å². The van der Waals surface area contributed by atoms with E-state index in [0.29, 0.717) is 49.1 Å². The summed E-state index contributed by atoms with van der Waals surface area (Å²) >= 11 is 0. The van der Waals surface area contributed by atoms with E-state index in [0.717, 1.165) is 11.4 Å². The molecule has 0 atom stereocenters. The van der Waals surface area contributed by atoms with Gasteiger partial charge in [0.15, 0.2) is 11.6 Å². The van der Waals surface area contributed by atoms with Gasteiger partial charge < -0.3 is 33.0 Å². The monoisotopic (exact) mass is 531 g/mol. The number of piperazine rings is 1. The number of anilines is 1. The molecule has 5 rings (SSSR count). The first kappa shape index (κ1) is 25.8. The molecule has 1 aliphatic rings. The summed E-state index contributed by atoms with van der Waals surface area (Å²) in [5.74, 6) is 2.32. The van der Waals surface area contributed by atoms with Crippen LogP contribution in [0.5, 0.6) is 11.5 Å². The Labute approximate surface area is 225 Å². The van der Waals surface area contributed by atoms with Crippen molar-refractivity contribution in [3.63, 3.8) is 0 Å². The highest BCUT2D eigenvalue weighted by molar-refractivity contribution is 5.94. The molecule has 4 aromatic rings. The normalized spacial score (nSPS) is 13.3. The quantitative estimate of drug-likeness (QED) is 0.321. The summed E-state index contributed by atoms with van der Waals surface area (Å²) in [5, 5.41) is 8.83. The van der Waals surface area contributed by atoms with Gasteiger partial charge >= 0.3 is 0 Å². The predicted molar refractivity (Wildman–Crippen MR) is 142 cm³/mol. The summed E-state index contributed by atoms with van der Waals surface area (Å²) in [6.07, 6.45) is 2.97. The van der Waals surface area contributed by atoms with Gasteiger partial charge in [0, 0.05) is 37.8 Å². The van der Waals surface area contributed by atoms with Gasteiger partial charge in [-0.05, 0) is 48.5 Å². The van der Waals surface area contributed by atoms with Crippen molar-refractivity contribution in [1.29, 1.82) is 0 Å². The van der Waals surface area contributed by atoms with E-state index in [2.05, 4.69) is 15.1 Å². The summed E-state index contributed by atoms with van der Waals surface area (Å²) in [7, 11) is 3.21. The van der Waals surface area contributed by atoms with Gasteiger partial charge in [0.25, 0.3) is 5.91 Å². The van der Waals surface area contributed by atoms with Gasteiger partial charge in [0.2, 0.25) is 5.91 Å². The Balaban J connectivity index is 1.20. The Hall–Kier alpha value is -4.80. The molecule has 1 saturated heterocycles. The van der Waals surface area contributed by atoms with E-state index in [1.165, 1.54) is 17.4 Å². The maximum Gasteiger partial charge on any atom is 0.290 e. The van der Waals surface area contributed by atoms with Crippen LogP contribution in [-0.4, -0.2) is 78.8 Å². The Bertz CT molecular complexity index is 1380. The molecular weight excluding hydrogens is 502 g/mol. The average Bonchev–Trinajstić information content (AvgIpc) is 3.71. The molecule has 4 heterocycles. The van der Waals surface area contributed by atoms with Crippen molar-refractivity contribution in [2.75, 3.05) is 51.8 Å². The lowest BCUT2D eigenvalue weighted by atomic mass is 10.1. The number of aromatic nitrogens is 2. The first-order chi connectivity index (χ1) is 19.1. The number of carbonyl (C=O) groups is 2. The van der Waals surface area contributed by atoms with E-state index in [9.17, 15) is 9.59 Å². The average molecular weight is 532 g/mol. The number of benzene rings is 1. The Morgan fingerprint density at radius 1 is 0.923 bits per heavy atom. The molecule has 0 saturated carbocycles. The van der Waals surface area contributed by atoms with Crippen LogP contribution in [0.3, 0.4) is 0 Å². The molecule has 3 aromatic heterocycles. The second-order valence-corrected chi connectivity index (χ2v) is 8.93. The van der Waals surface area contributed by atoms with Gasteiger partial charge in [-0.3, -0.25) is 9.59 Å². The predicted octanol–water partition coefficient (Wildman–Crippen LogP) is 3.34. The number of hydrogen-bond donors (Lipinski definition) is 0. The third-order valence-corrected chi connectivity index (χ3v) is 6.56. The molecule has 1 aromatic carbocycles. The smallest absolute Gasteiger partial charge is 0.290 e. The minimum Gasteiger partial charge on any atom is -0.497 e. The van der Waals surface area contributed by atoms with Crippen LogP contribution >= 0.6 is 0 Å². The second-order valence-electron chi connectivity index (χ2n) is 8.93. The van der Waals surface area contributed by atoms with E-state index in [1.54, 1.807) is 49.5 Å². The lowest BCUT2D eigenvalue weighted by molar-refractivity contribution is -0.132. The molecule has 11 heteroatoms. The zero-order valence-corrected chi connectivity index (χ0v) is 21.8. The molecule has 0 spiro atoms. The lowest BCUT2D eigenvalue weighted by Crippen LogP contribution is -2.52. The fraction of sp³-hybridized carbons (Fsp3) is 0.286. The van der Waals surface area contributed by atoms with Crippen molar-refractivity contribution < 1.29 is 27.9 Å².